The molecule has 9 heteroatoms. The van der Waals surface area contributed by atoms with Gasteiger partial charge in [-0.25, -0.2) is 8.42 Å². The molecule has 1 N–H and O–H groups in total. The van der Waals surface area contributed by atoms with Crippen LogP contribution in [0.25, 0.3) is 0 Å². The number of amides is 1. The van der Waals surface area contributed by atoms with Crippen molar-refractivity contribution in [3.8, 4) is 0 Å². The van der Waals surface area contributed by atoms with Crippen LogP contribution in [0.2, 0.25) is 0 Å². The van der Waals surface area contributed by atoms with Crippen molar-refractivity contribution in [1.29, 1.82) is 0 Å². The second-order valence-corrected chi connectivity index (χ2v) is 6.23. The second kappa shape index (κ2) is 5.88. The lowest BCUT2D eigenvalue weighted by Gasteiger charge is -2.18. The third kappa shape index (κ3) is 4.33. The van der Waals surface area contributed by atoms with Gasteiger partial charge < -0.3 is 10.1 Å². The number of hydrogen-bond acceptors (Lipinski definition) is 5. The van der Waals surface area contributed by atoms with Crippen LogP contribution in [-0.4, -0.2) is 55.7 Å². The zero-order valence-electron chi connectivity index (χ0n) is 8.69. The van der Waals surface area contributed by atoms with Gasteiger partial charge in [0.05, 0.1) is 17.5 Å². The van der Waals surface area contributed by atoms with Gasteiger partial charge in [-0.2, -0.15) is 0 Å². The maximum Gasteiger partial charge on any atom is 0.321 e. The highest BCUT2D eigenvalue weighted by molar-refractivity contribution is 7.91. The molecule has 1 heterocycles. The molecule has 17 heavy (non-hydrogen) atoms. The Morgan fingerprint density at radius 3 is 2.41 bits per heavy atom. The summed E-state index contributed by atoms with van der Waals surface area (Å²) in [6, 6.07) is -0.765. The SMILES string of the molecule is O=C(CCl)N[C@@H]1CS(=O)(=O)C[C@@H]1OC(=O)CCl. The van der Waals surface area contributed by atoms with Crippen LogP contribution in [0.4, 0.5) is 0 Å². The molecule has 1 aliphatic heterocycles. The van der Waals surface area contributed by atoms with Gasteiger partial charge in [-0.3, -0.25) is 9.59 Å². The highest BCUT2D eigenvalue weighted by Crippen LogP contribution is 2.16. The van der Waals surface area contributed by atoms with Gasteiger partial charge in [0, 0.05) is 0 Å². The van der Waals surface area contributed by atoms with Crippen LogP contribution in [0.15, 0.2) is 0 Å². The maximum absolute atomic E-state index is 11.4. The number of alkyl halides is 2. The first kappa shape index (κ1) is 14.5. The Morgan fingerprint density at radius 1 is 1.24 bits per heavy atom. The molecular weight excluding hydrogens is 293 g/mol. The molecule has 1 rings (SSSR count). The van der Waals surface area contributed by atoms with Crippen LogP contribution in [-0.2, 0) is 24.2 Å². The summed E-state index contributed by atoms with van der Waals surface area (Å²) in [6.07, 6.45) is -0.904. The topological polar surface area (TPSA) is 89.5 Å². The Morgan fingerprint density at radius 2 is 1.88 bits per heavy atom. The van der Waals surface area contributed by atoms with Gasteiger partial charge in [-0.05, 0) is 0 Å². The molecule has 1 saturated heterocycles. The van der Waals surface area contributed by atoms with E-state index in [4.69, 9.17) is 27.9 Å². The molecule has 0 saturated carbocycles. The van der Waals surface area contributed by atoms with Crippen LogP contribution >= 0.6 is 23.2 Å². The van der Waals surface area contributed by atoms with Gasteiger partial charge in [-0.15, -0.1) is 23.2 Å². The first-order valence-corrected chi connectivity index (χ1v) is 7.58. The summed E-state index contributed by atoms with van der Waals surface area (Å²) >= 11 is 10.5. The minimum absolute atomic E-state index is 0.268. The fourth-order valence-corrected chi connectivity index (χ4v) is 3.43. The third-order valence-electron chi connectivity index (χ3n) is 2.16. The zero-order chi connectivity index (χ0) is 13.1. The molecule has 0 spiro atoms. The Hall–Kier alpha value is -0.530. The van der Waals surface area contributed by atoms with Crippen LogP contribution < -0.4 is 5.32 Å². The minimum atomic E-state index is -3.33. The predicted molar refractivity (Wildman–Crippen MR) is 61.9 cm³/mol. The molecule has 2 atom stereocenters. The molecule has 0 aromatic rings. The lowest BCUT2D eigenvalue weighted by molar-refractivity contribution is -0.146. The standard InChI is InChI=1S/C8H11Cl2NO5S/c9-1-7(12)11-5-3-17(14,15)4-6(5)16-8(13)2-10/h5-6H,1-4H2,(H,11,12)/t5-,6+/m1/s1. The van der Waals surface area contributed by atoms with Crippen molar-refractivity contribution >= 4 is 44.9 Å². The van der Waals surface area contributed by atoms with Crippen molar-refractivity contribution in [2.24, 2.45) is 0 Å². The van der Waals surface area contributed by atoms with Gasteiger partial charge in [0.15, 0.2) is 9.84 Å². The fraction of sp³-hybridized carbons (Fsp3) is 0.750. The quantitative estimate of drug-likeness (QED) is 0.547. The predicted octanol–water partition coefficient (Wildman–Crippen LogP) is -0.711. The Bertz CT molecular complexity index is 378. The zero-order valence-corrected chi connectivity index (χ0v) is 11.0. The Kier molecular flexibility index (Phi) is 5.03. The van der Waals surface area contributed by atoms with Crippen LogP contribution in [0.1, 0.15) is 0 Å². The minimum Gasteiger partial charge on any atom is -0.458 e. The van der Waals surface area contributed by atoms with Crippen molar-refractivity contribution in [3.05, 3.63) is 0 Å². The van der Waals surface area contributed by atoms with Gasteiger partial charge in [0.1, 0.15) is 17.9 Å². The van der Waals surface area contributed by atoms with Crippen molar-refractivity contribution in [3.63, 3.8) is 0 Å². The lowest BCUT2D eigenvalue weighted by Crippen LogP contribution is -2.45. The van der Waals surface area contributed by atoms with E-state index in [1.165, 1.54) is 0 Å². The summed E-state index contributed by atoms with van der Waals surface area (Å²) in [5.41, 5.74) is 0. The second-order valence-electron chi connectivity index (χ2n) is 3.55. The van der Waals surface area contributed by atoms with Gasteiger partial charge in [-0.1, -0.05) is 0 Å². The maximum atomic E-state index is 11.4. The van der Waals surface area contributed by atoms with E-state index in [0.717, 1.165) is 0 Å². The highest BCUT2D eigenvalue weighted by atomic mass is 35.5. The Labute approximate surface area is 109 Å². The van der Waals surface area contributed by atoms with Crippen molar-refractivity contribution in [2.75, 3.05) is 23.3 Å². The molecule has 1 aliphatic rings. The van der Waals surface area contributed by atoms with E-state index < -0.39 is 33.9 Å². The van der Waals surface area contributed by atoms with E-state index in [1.807, 2.05) is 0 Å². The molecule has 0 bridgehead atoms. The molecule has 0 aliphatic carbocycles. The monoisotopic (exact) mass is 303 g/mol. The van der Waals surface area contributed by atoms with E-state index >= 15 is 0 Å². The van der Waals surface area contributed by atoms with Crippen LogP contribution in [0.5, 0.6) is 0 Å². The molecule has 0 aromatic heterocycles. The van der Waals surface area contributed by atoms with Gasteiger partial charge >= 0.3 is 5.97 Å². The highest BCUT2D eigenvalue weighted by Gasteiger charge is 2.40. The third-order valence-corrected chi connectivity index (χ3v) is 4.32. The summed E-state index contributed by atoms with van der Waals surface area (Å²) < 4.78 is 27.6. The molecule has 0 aromatic carbocycles. The molecule has 6 nitrogen and oxygen atoms in total. The smallest absolute Gasteiger partial charge is 0.321 e. The summed E-state index contributed by atoms with van der Waals surface area (Å²) in [6.45, 7) is 0. The molecule has 1 amide bonds. The normalized spacial score (nSPS) is 26.5. The molecule has 98 valence electrons. The number of rotatable bonds is 4. The first-order valence-electron chi connectivity index (χ1n) is 4.69. The summed E-state index contributed by atoms with van der Waals surface area (Å²) in [5, 5.41) is 2.39. The summed E-state index contributed by atoms with van der Waals surface area (Å²) in [5.74, 6) is -2.47. The van der Waals surface area contributed by atoms with E-state index in [0.29, 0.717) is 0 Å². The van der Waals surface area contributed by atoms with E-state index in [2.05, 4.69) is 5.32 Å². The number of carbonyl (C=O) groups is 2. The average Bonchev–Trinajstić information content (AvgIpc) is 2.52. The molecular formula is C8H11Cl2NO5S. The van der Waals surface area contributed by atoms with Crippen LogP contribution in [0.3, 0.4) is 0 Å². The number of nitrogens with one attached hydrogen (secondary N) is 1. The van der Waals surface area contributed by atoms with E-state index in [-0.39, 0.29) is 23.3 Å². The lowest BCUT2D eigenvalue weighted by atomic mass is 10.2. The summed E-state index contributed by atoms with van der Waals surface area (Å²) in [7, 11) is -3.33. The summed E-state index contributed by atoms with van der Waals surface area (Å²) in [4.78, 5) is 22.1. The van der Waals surface area contributed by atoms with Gasteiger partial charge in [0.2, 0.25) is 5.91 Å². The van der Waals surface area contributed by atoms with Crippen molar-refractivity contribution in [2.45, 2.75) is 12.1 Å². The molecule has 0 unspecified atom stereocenters. The fourth-order valence-electron chi connectivity index (χ4n) is 1.51. The van der Waals surface area contributed by atoms with Crippen LogP contribution in [0, 0.1) is 0 Å². The van der Waals surface area contributed by atoms with E-state index in [1.54, 1.807) is 0 Å². The van der Waals surface area contributed by atoms with Gasteiger partial charge in [0.25, 0.3) is 0 Å². The molecule has 0 radical (unpaired) electrons. The Balaban J connectivity index is 2.71. The largest absolute Gasteiger partial charge is 0.458 e. The molecule has 1 fully saturated rings. The number of carbonyl (C=O) groups excluding carboxylic acids is 2. The van der Waals surface area contributed by atoms with Crippen molar-refractivity contribution in [1.82, 2.24) is 5.32 Å². The average molecular weight is 304 g/mol. The first-order chi connectivity index (χ1) is 7.88. The van der Waals surface area contributed by atoms with Crippen molar-refractivity contribution < 1.29 is 22.7 Å². The number of hydrogen-bond donors (Lipinski definition) is 1. The number of ether oxygens (including phenoxy) is 1. The van der Waals surface area contributed by atoms with E-state index in [9.17, 15) is 18.0 Å². The number of sulfone groups is 1. The number of halogens is 2. The number of esters is 1.